The maximum absolute atomic E-state index is 12.8. The molecular formula is C30H39N3O8. The highest BCUT2D eigenvalue weighted by Gasteiger charge is 2.42. The van der Waals surface area contributed by atoms with Crippen LogP contribution >= 0.6 is 0 Å². The standard InChI is InChI=1S/C24H31N3O.C6H8O7/c1-26(2)23(28)20(17-21-8-5-6-14-25-21)18-27-15-12-24(13-16-27)11-10-19-7-3-4-9-22(19)24;7-3(8)1-6(13,5(11)12)2-4(9)10/h3-9,14,20H,10-13,15-18H2,1-2H3;13H,1-2H2,(H,7,8)(H,9,10)(H,11,12). The highest BCUT2D eigenvalue weighted by Crippen LogP contribution is 2.46. The van der Waals surface area contributed by atoms with Crippen LogP contribution in [0.2, 0.25) is 0 Å². The van der Waals surface area contributed by atoms with Gasteiger partial charge in [-0.25, -0.2) is 4.79 Å². The average Bonchev–Trinajstić information content (AvgIpc) is 3.27. The normalized spacial score (nSPS) is 16.7. The summed E-state index contributed by atoms with van der Waals surface area (Å²) in [6.07, 6.45) is 5.15. The largest absolute Gasteiger partial charge is 0.481 e. The number of benzene rings is 1. The van der Waals surface area contributed by atoms with Gasteiger partial charge in [-0.05, 0) is 67.4 Å². The van der Waals surface area contributed by atoms with Gasteiger partial charge in [0.25, 0.3) is 0 Å². The van der Waals surface area contributed by atoms with E-state index in [0.29, 0.717) is 11.8 Å². The third kappa shape index (κ3) is 8.34. The van der Waals surface area contributed by atoms with E-state index in [1.165, 1.54) is 25.7 Å². The number of carboxylic acids is 3. The molecule has 2 aromatic rings. The van der Waals surface area contributed by atoms with Crippen molar-refractivity contribution in [3.05, 3.63) is 65.5 Å². The number of hydrogen-bond acceptors (Lipinski definition) is 7. The number of aliphatic carboxylic acids is 3. The first-order chi connectivity index (χ1) is 19.3. The van der Waals surface area contributed by atoms with Gasteiger partial charge in [0.15, 0.2) is 5.60 Å². The van der Waals surface area contributed by atoms with Crippen LogP contribution in [0.1, 0.15) is 48.9 Å². The van der Waals surface area contributed by atoms with Gasteiger partial charge in [0.05, 0.1) is 18.8 Å². The van der Waals surface area contributed by atoms with Crippen LogP contribution in [0.15, 0.2) is 48.7 Å². The Morgan fingerprint density at radius 1 is 0.951 bits per heavy atom. The number of piperidine rings is 1. The van der Waals surface area contributed by atoms with E-state index in [1.807, 2.05) is 38.5 Å². The molecule has 1 aromatic carbocycles. The maximum atomic E-state index is 12.8. The quantitative estimate of drug-likeness (QED) is 0.332. The molecule has 1 aromatic heterocycles. The lowest BCUT2D eigenvalue weighted by Gasteiger charge is -2.41. The smallest absolute Gasteiger partial charge is 0.336 e. The molecule has 1 amide bonds. The predicted octanol–water partition coefficient (Wildman–Crippen LogP) is 2.06. The highest BCUT2D eigenvalue weighted by atomic mass is 16.4. The summed E-state index contributed by atoms with van der Waals surface area (Å²) in [6, 6.07) is 15.0. The number of rotatable bonds is 10. The first-order valence-electron chi connectivity index (χ1n) is 13.7. The molecule has 0 saturated carbocycles. The van der Waals surface area contributed by atoms with Gasteiger partial charge in [-0.3, -0.25) is 19.4 Å². The topological polar surface area (TPSA) is 169 Å². The molecule has 1 aliphatic heterocycles. The number of fused-ring (bicyclic) bond motifs is 2. The van der Waals surface area contributed by atoms with Crippen molar-refractivity contribution in [1.29, 1.82) is 0 Å². The van der Waals surface area contributed by atoms with Crippen LogP contribution < -0.4 is 0 Å². The molecule has 2 aliphatic rings. The molecule has 41 heavy (non-hydrogen) atoms. The number of pyridine rings is 1. The highest BCUT2D eigenvalue weighted by molar-refractivity contribution is 5.88. The third-order valence-corrected chi connectivity index (χ3v) is 8.01. The number of carbonyl (C=O) groups excluding carboxylic acids is 1. The zero-order valence-electron chi connectivity index (χ0n) is 23.5. The molecule has 2 heterocycles. The number of aromatic nitrogens is 1. The number of amides is 1. The van der Waals surface area contributed by atoms with Crippen LogP contribution in [0, 0.1) is 5.92 Å². The second-order valence-electron chi connectivity index (χ2n) is 11.2. The Kier molecular flexibility index (Phi) is 10.6. The molecule has 4 N–H and O–H groups in total. The van der Waals surface area contributed by atoms with E-state index in [2.05, 4.69) is 34.1 Å². The number of carboxylic acid groups (broad SMARTS) is 3. The van der Waals surface area contributed by atoms with Gasteiger partial charge >= 0.3 is 17.9 Å². The van der Waals surface area contributed by atoms with E-state index in [-0.39, 0.29) is 11.8 Å². The zero-order valence-corrected chi connectivity index (χ0v) is 23.5. The summed E-state index contributed by atoms with van der Waals surface area (Å²) in [6.45, 7) is 2.98. The minimum absolute atomic E-state index is 0.0326. The van der Waals surface area contributed by atoms with Gasteiger partial charge in [-0.15, -0.1) is 0 Å². The molecule has 0 bridgehead atoms. The van der Waals surface area contributed by atoms with E-state index in [0.717, 1.165) is 25.3 Å². The number of nitrogens with zero attached hydrogens (tertiary/aromatic N) is 3. The van der Waals surface area contributed by atoms with Gasteiger partial charge in [0, 0.05) is 39.0 Å². The summed E-state index contributed by atoms with van der Waals surface area (Å²) in [7, 11) is 3.71. The van der Waals surface area contributed by atoms with E-state index in [4.69, 9.17) is 20.4 Å². The molecular weight excluding hydrogens is 530 g/mol. The van der Waals surface area contributed by atoms with Crippen LogP contribution in [0.25, 0.3) is 0 Å². The van der Waals surface area contributed by atoms with Crippen molar-refractivity contribution in [2.75, 3.05) is 33.7 Å². The van der Waals surface area contributed by atoms with E-state index < -0.39 is 36.4 Å². The molecule has 1 aliphatic carbocycles. The fourth-order valence-electron chi connectivity index (χ4n) is 5.84. The van der Waals surface area contributed by atoms with Crippen LogP contribution in [-0.2, 0) is 37.4 Å². The number of likely N-dealkylation sites (tertiary alicyclic amines) is 1. The summed E-state index contributed by atoms with van der Waals surface area (Å²) < 4.78 is 0. The Morgan fingerprint density at radius 3 is 2.10 bits per heavy atom. The van der Waals surface area contributed by atoms with Crippen molar-refractivity contribution >= 4 is 23.8 Å². The van der Waals surface area contributed by atoms with Crippen molar-refractivity contribution in [2.24, 2.45) is 5.92 Å². The second-order valence-corrected chi connectivity index (χ2v) is 11.2. The zero-order chi connectivity index (χ0) is 30.2. The minimum atomic E-state index is -2.74. The Hall–Kier alpha value is -3.83. The number of carbonyl (C=O) groups is 4. The first-order valence-corrected chi connectivity index (χ1v) is 13.7. The van der Waals surface area contributed by atoms with Crippen molar-refractivity contribution < 1.29 is 39.6 Å². The van der Waals surface area contributed by atoms with Crippen molar-refractivity contribution in [3.8, 4) is 0 Å². The number of aryl methyl sites for hydroxylation is 1. The van der Waals surface area contributed by atoms with Crippen LogP contribution in [0.5, 0.6) is 0 Å². The van der Waals surface area contributed by atoms with Gasteiger partial charge in [-0.1, -0.05) is 30.3 Å². The molecule has 1 spiro atoms. The third-order valence-electron chi connectivity index (χ3n) is 8.01. The lowest BCUT2D eigenvalue weighted by atomic mass is 9.73. The van der Waals surface area contributed by atoms with E-state index in [1.54, 1.807) is 16.0 Å². The summed E-state index contributed by atoms with van der Waals surface area (Å²) >= 11 is 0. The summed E-state index contributed by atoms with van der Waals surface area (Å²) in [4.78, 5) is 52.0. The number of hydrogen-bond donors (Lipinski definition) is 4. The SMILES string of the molecule is CN(C)C(=O)C(Cc1ccccn1)CN1CCC2(CCc3ccccc32)CC1.O=C(O)CC(O)(CC(=O)O)C(=O)O. The van der Waals surface area contributed by atoms with E-state index >= 15 is 0 Å². The lowest BCUT2D eigenvalue weighted by molar-refractivity contribution is -0.170. The first kappa shape index (κ1) is 31.7. The van der Waals surface area contributed by atoms with Crippen molar-refractivity contribution in [1.82, 2.24) is 14.8 Å². The molecule has 1 fully saturated rings. The Morgan fingerprint density at radius 2 is 1.56 bits per heavy atom. The summed E-state index contributed by atoms with van der Waals surface area (Å²) in [5.74, 6) is -4.85. The minimum Gasteiger partial charge on any atom is -0.481 e. The monoisotopic (exact) mass is 569 g/mol. The molecule has 222 valence electrons. The molecule has 4 rings (SSSR count). The molecule has 1 atom stereocenters. The predicted molar refractivity (Wildman–Crippen MR) is 149 cm³/mol. The molecule has 11 nitrogen and oxygen atoms in total. The molecule has 1 saturated heterocycles. The van der Waals surface area contributed by atoms with Gasteiger partial charge in [0.1, 0.15) is 0 Å². The van der Waals surface area contributed by atoms with Crippen molar-refractivity contribution in [3.63, 3.8) is 0 Å². The number of aliphatic hydroxyl groups is 1. The van der Waals surface area contributed by atoms with Crippen LogP contribution in [0.3, 0.4) is 0 Å². The van der Waals surface area contributed by atoms with Gasteiger partial charge in [-0.2, -0.15) is 0 Å². The molecule has 0 radical (unpaired) electrons. The van der Waals surface area contributed by atoms with Crippen molar-refractivity contribution in [2.45, 2.75) is 56.0 Å². The van der Waals surface area contributed by atoms with Crippen LogP contribution in [0.4, 0.5) is 0 Å². The Labute approximate surface area is 239 Å². The Bertz CT molecular complexity index is 1210. The Balaban J connectivity index is 0.000000302. The van der Waals surface area contributed by atoms with E-state index in [9.17, 15) is 19.2 Å². The molecule has 11 heteroatoms. The summed E-state index contributed by atoms with van der Waals surface area (Å²) in [5.41, 5.74) is 1.77. The molecule has 1 unspecified atom stereocenters. The lowest BCUT2D eigenvalue weighted by Crippen LogP contribution is -2.46. The fourth-order valence-corrected chi connectivity index (χ4v) is 5.84. The van der Waals surface area contributed by atoms with Gasteiger partial charge < -0.3 is 30.2 Å². The fraction of sp³-hybridized carbons (Fsp3) is 0.500. The van der Waals surface area contributed by atoms with Gasteiger partial charge in [0.2, 0.25) is 5.91 Å². The average molecular weight is 570 g/mol. The second kappa shape index (κ2) is 13.7. The maximum Gasteiger partial charge on any atom is 0.336 e. The van der Waals surface area contributed by atoms with Crippen LogP contribution in [-0.4, -0.2) is 98.4 Å². The summed E-state index contributed by atoms with van der Waals surface area (Å²) in [5, 5.41) is 33.8.